The molecule has 0 spiro atoms. The minimum absolute atomic E-state index is 0.0422. The molecule has 2 heterocycles. The zero-order valence-electron chi connectivity index (χ0n) is 15.8. The van der Waals surface area contributed by atoms with Crippen LogP contribution in [0.2, 0.25) is 0 Å². The fourth-order valence-corrected chi connectivity index (χ4v) is 3.55. The van der Waals surface area contributed by atoms with Gasteiger partial charge in [-0.05, 0) is 42.5 Å². The van der Waals surface area contributed by atoms with Gasteiger partial charge >= 0.3 is 0 Å². The summed E-state index contributed by atoms with van der Waals surface area (Å²) in [6.45, 7) is 0.799. The molecule has 0 atom stereocenters. The quantitative estimate of drug-likeness (QED) is 0.360. The minimum atomic E-state index is -3.14. The fourth-order valence-electron chi connectivity index (χ4n) is 2.81. The molecule has 4 rings (SSSR count). The summed E-state index contributed by atoms with van der Waals surface area (Å²) in [7, 11) is 0. The van der Waals surface area contributed by atoms with Crippen LogP contribution in [0.1, 0.15) is 12.5 Å². The summed E-state index contributed by atoms with van der Waals surface area (Å²) in [6, 6.07) is 16.4. The number of rotatable bonds is 6. The number of anilines is 2. The van der Waals surface area contributed by atoms with Crippen LogP contribution in [0.4, 0.5) is 24.0 Å². The van der Waals surface area contributed by atoms with Crippen molar-refractivity contribution in [2.75, 3.05) is 5.32 Å². The molecule has 1 N–H and O–H groups in total. The Labute approximate surface area is 175 Å². The molecule has 30 heavy (non-hydrogen) atoms. The number of alkyl halides is 2. The number of para-hydroxylation sites is 1. The van der Waals surface area contributed by atoms with Gasteiger partial charge in [0.15, 0.2) is 5.13 Å². The van der Waals surface area contributed by atoms with Crippen molar-refractivity contribution in [3.8, 4) is 22.8 Å². The molecule has 2 aromatic carbocycles. The molecule has 8 heteroatoms. The minimum Gasteiger partial charge on any atom is -0.457 e. The molecule has 4 aromatic rings. The molecule has 2 aromatic heterocycles. The van der Waals surface area contributed by atoms with E-state index >= 15 is 0 Å². The van der Waals surface area contributed by atoms with E-state index in [1.165, 1.54) is 18.3 Å². The van der Waals surface area contributed by atoms with Gasteiger partial charge in [-0.3, -0.25) is 4.98 Å². The summed E-state index contributed by atoms with van der Waals surface area (Å²) in [5.41, 5.74) is 0.742. The van der Waals surface area contributed by atoms with Gasteiger partial charge in [0.1, 0.15) is 17.2 Å². The van der Waals surface area contributed by atoms with Gasteiger partial charge in [-0.2, -0.15) is 4.39 Å². The summed E-state index contributed by atoms with van der Waals surface area (Å²) in [6.07, 6.45) is 3.09. The van der Waals surface area contributed by atoms with Crippen LogP contribution in [-0.4, -0.2) is 9.97 Å². The predicted octanol–water partition coefficient (Wildman–Crippen LogP) is 6.99. The lowest BCUT2D eigenvalue weighted by Crippen LogP contribution is -2.09. The first-order chi connectivity index (χ1) is 14.4. The van der Waals surface area contributed by atoms with Crippen LogP contribution in [0.3, 0.4) is 0 Å². The smallest absolute Gasteiger partial charge is 0.274 e. The van der Waals surface area contributed by atoms with Gasteiger partial charge in [0.25, 0.3) is 5.92 Å². The summed E-state index contributed by atoms with van der Waals surface area (Å²) in [5, 5.41) is 2.65. The van der Waals surface area contributed by atoms with E-state index in [1.807, 2.05) is 6.07 Å². The summed E-state index contributed by atoms with van der Waals surface area (Å²) >= 11 is 0.789. The highest BCUT2D eigenvalue weighted by molar-refractivity contribution is 7.14. The largest absolute Gasteiger partial charge is 0.457 e. The van der Waals surface area contributed by atoms with E-state index in [9.17, 15) is 13.2 Å². The second-order valence-electron chi connectivity index (χ2n) is 6.52. The van der Waals surface area contributed by atoms with Crippen molar-refractivity contribution >= 4 is 22.2 Å². The van der Waals surface area contributed by atoms with Crippen LogP contribution in [0.15, 0.2) is 73.1 Å². The lowest BCUT2D eigenvalue weighted by molar-refractivity contribution is 0.0156. The standard InChI is InChI=1S/C22H16F3N3OS/c1-22(24,25)17-12-15(9-10-18(17)29-16-7-3-2-4-8-16)27-21-28-19(20(23)30-21)14-6-5-11-26-13-14/h2-13H,1H3,(H,27,28). The Morgan fingerprint density at radius 2 is 1.83 bits per heavy atom. The topological polar surface area (TPSA) is 47.0 Å². The number of hydrogen-bond donors (Lipinski definition) is 1. The number of halogens is 3. The van der Waals surface area contributed by atoms with Crippen molar-refractivity contribution in [2.24, 2.45) is 0 Å². The van der Waals surface area contributed by atoms with Gasteiger partial charge < -0.3 is 10.1 Å². The molecular formula is C22H16F3N3OS. The van der Waals surface area contributed by atoms with E-state index < -0.39 is 11.1 Å². The van der Waals surface area contributed by atoms with Gasteiger partial charge in [0.05, 0.1) is 5.56 Å². The third-order valence-electron chi connectivity index (χ3n) is 4.20. The van der Waals surface area contributed by atoms with Gasteiger partial charge in [-0.1, -0.05) is 29.5 Å². The molecule has 0 aliphatic heterocycles. The summed E-state index contributed by atoms with van der Waals surface area (Å²) in [5.74, 6) is -2.65. The zero-order chi connectivity index (χ0) is 21.1. The Hall–Kier alpha value is -3.39. The van der Waals surface area contributed by atoms with Crippen LogP contribution in [0, 0.1) is 5.13 Å². The molecule has 0 aliphatic rings. The average molecular weight is 427 g/mol. The summed E-state index contributed by atoms with van der Waals surface area (Å²) in [4.78, 5) is 8.19. The lowest BCUT2D eigenvalue weighted by atomic mass is 10.1. The molecule has 0 bridgehead atoms. The number of thiazole rings is 1. The number of pyridine rings is 1. The SMILES string of the molecule is CC(F)(F)c1cc(Nc2nc(-c3cccnc3)c(F)s2)ccc1Oc1ccccc1. The molecule has 0 radical (unpaired) electrons. The van der Waals surface area contributed by atoms with E-state index in [0.29, 0.717) is 17.0 Å². The van der Waals surface area contributed by atoms with E-state index in [1.54, 1.807) is 48.7 Å². The second-order valence-corrected chi connectivity index (χ2v) is 7.47. The van der Waals surface area contributed by atoms with Gasteiger partial charge in [-0.25, -0.2) is 13.8 Å². The third-order valence-corrected chi connectivity index (χ3v) is 4.95. The first kappa shape index (κ1) is 19.9. The Morgan fingerprint density at radius 3 is 2.53 bits per heavy atom. The van der Waals surface area contributed by atoms with Crippen LogP contribution in [0.25, 0.3) is 11.3 Å². The number of nitrogens with zero attached hydrogens (tertiary/aromatic N) is 2. The maximum absolute atomic E-state index is 14.3. The van der Waals surface area contributed by atoms with Crippen LogP contribution >= 0.6 is 11.3 Å². The molecule has 0 amide bonds. The first-order valence-corrected chi connectivity index (χ1v) is 9.81. The number of benzene rings is 2. The van der Waals surface area contributed by atoms with Gasteiger partial charge in [0, 0.05) is 30.6 Å². The van der Waals surface area contributed by atoms with Gasteiger partial charge in [-0.15, -0.1) is 0 Å². The monoisotopic (exact) mass is 427 g/mol. The fraction of sp³-hybridized carbons (Fsp3) is 0.0909. The Bertz CT molecular complexity index is 1150. The van der Waals surface area contributed by atoms with Crippen LogP contribution in [0.5, 0.6) is 11.5 Å². The Kier molecular flexibility index (Phi) is 5.41. The van der Waals surface area contributed by atoms with E-state index in [2.05, 4.69) is 15.3 Å². The predicted molar refractivity (Wildman–Crippen MR) is 111 cm³/mol. The molecule has 0 saturated heterocycles. The lowest BCUT2D eigenvalue weighted by Gasteiger charge is -2.17. The Balaban J connectivity index is 1.62. The number of hydrogen-bond acceptors (Lipinski definition) is 5. The van der Waals surface area contributed by atoms with Crippen molar-refractivity contribution in [1.82, 2.24) is 9.97 Å². The molecule has 0 fully saturated rings. The average Bonchev–Trinajstić information content (AvgIpc) is 3.10. The normalized spacial score (nSPS) is 11.3. The highest BCUT2D eigenvalue weighted by atomic mass is 32.1. The second kappa shape index (κ2) is 8.16. The molecule has 0 aliphatic carbocycles. The van der Waals surface area contributed by atoms with Crippen molar-refractivity contribution < 1.29 is 17.9 Å². The van der Waals surface area contributed by atoms with Crippen molar-refractivity contribution in [1.29, 1.82) is 0 Å². The summed E-state index contributed by atoms with van der Waals surface area (Å²) < 4.78 is 48.4. The maximum Gasteiger partial charge on any atom is 0.274 e. The maximum atomic E-state index is 14.3. The Morgan fingerprint density at radius 1 is 1.03 bits per heavy atom. The van der Waals surface area contributed by atoms with E-state index in [4.69, 9.17) is 4.74 Å². The molecule has 0 unspecified atom stereocenters. The number of aromatic nitrogens is 2. The zero-order valence-corrected chi connectivity index (χ0v) is 16.6. The van der Waals surface area contributed by atoms with Crippen molar-refractivity contribution in [2.45, 2.75) is 12.8 Å². The van der Waals surface area contributed by atoms with Gasteiger partial charge in [0.2, 0.25) is 5.13 Å². The molecule has 4 nitrogen and oxygen atoms in total. The van der Waals surface area contributed by atoms with Crippen molar-refractivity contribution in [3.05, 3.63) is 83.8 Å². The van der Waals surface area contributed by atoms with E-state index in [-0.39, 0.29) is 22.1 Å². The first-order valence-electron chi connectivity index (χ1n) is 8.99. The van der Waals surface area contributed by atoms with Crippen LogP contribution in [-0.2, 0) is 5.92 Å². The molecule has 152 valence electrons. The molecular weight excluding hydrogens is 411 g/mol. The van der Waals surface area contributed by atoms with E-state index in [0.717, 1.165) is 18.3 Å². The number of nitrogens with one attached hydrogen (secondary N) is 1. The highest BCUT2D eigenvalue weighted by Crippen LogP contribution is 2.39. The molecule has 0 saturated carbocycles. The third kappa shape index (κ3) is 4.44. The highest BCUT2D eigenvalue weighted by Gasteiger charge is 2.29. The number of ether oxygens (including phenoxy) is 1. The van der Waals surface area contributed by atoms with Crippen LogP contribution < -0.4 is 10.1 Å². The van der Waals surface area contributed by atoms with Crippen molar-refractivity contribution in [3.63, 3.8) is 0 Å².